The molecule has 5 heteroatoms. The number of nitrogens with two attached hydrogens (primary N) is 1. The summed E-state index contributed by atoms with van der Waals surface area (Å²) in [5.74, 6) is 0.438. The first-order valence-corrected chi connectivity index (χ1v) is 3.93. The van der Waals surface area contributed by atoms with Gasteiger partial charge in [0.15, 0.2) is 5.95 Å². The smallest absolute Gasteiger partial charge is 0.197 e. The van der Waals surface area contributed by atoms with E-state index in [1.54, 1.807) is 29.2 Å². The third-order valence-electron chi connectivity index (χ3n) is 1.29. The van der Waals surface area contributed by atoms with E-state index in [2.05, 4.69) is 15.0 Å². The molecule has 4 nitrogen and oxygen atoms in total. The van der Waals surface area contributed by atoms with Crippen molar-refractivity contribution in [3.8, 4) is 10.6 Å². The van der Waals surface area contributed by atoms with Crippen LogP contribution in [0.5, 0.6) is 0 Å². The van der Waals surface area contributed by atoms with Gasteiger partial charge < -0.3 is 10.7 Å². The third-order valence-corrected chi connectivity index (χ3v) is 2.10. The predicted octanol–water partition coefficient (Wildman–Crippen LogP) is 1.12. The number of aromatic amines is 1. The maximum Gasteiger partial charge on any atom is 0.197 e. The van der Waals surface area contributed by atoms with Crippen LogP contribution in [0.15, 0.2) is 17.9 Å². The molecule has 0 aromatic carbocycles. The van der Waals surface area contributed by atoms with Crippen molar-refractivity contribution in [1.82, 2.24) is 15.0 Å². The van der Waals surface area contributed by atoms with E-state index in [9.17, 15) is 0 Å². The molecule has 0 bridgehead atoms. The van der Waals surface area contributed by atoms with Crippen LogP contribution in [0.1, 0.15) is 0 Å². The van der Waals surface area contributed by atoms with Crippen LogP contribution in [0.4, 0.5) is 5.95 Å². The Bertz CT molecular complexity index is 337. The van der Waals surface area contributed by atoms with Crippen molar-refractivity contribution in [1.29, 1.82) is 0 Å². The van der Waals surface area contributed by atoms with E-state index in [0.29, 0.717) is 5.95 Å². The first-order chi connectivity index (χ1) is 5.36. The Balaban J connectivity index is 2.45. The second-order valence-electron chi connectivity index (χ2n) is 2.05. The lowest BCUT2D eigenvalue weighted by molar-refractivity contribution is 1.33. The highest BCUT2D eigenvalue weighted by molar-refractivity contribution is 7.13. The van der Waals surface area contributed by atoms with Crippen LogP contribution in [0.25, 0.3) is 10.6 Å². The average molecular weight is 166 g/mol. The van der Waals surface area contributed by atoms with Crippen LogP contribution in [-0.4, -0.2) is 15.0 Å². The summed E-state index contributed by atoms with van der Waals surface area (Å²) in [6.45, 7) is 0. The largest absolute Gasteiger partial charge is 0.369 e. The molecule has 2 aromatic heterocycles. The molecule has 0 atom stereocenters. The van der Waals surface area contributed by atoms with E-state index in [4.69, 9.17) is 5.73 Å². The number of rotatable bonds is 1. The fraction of sp³-hybridized carbons (Fsp3) is 0. The quantitative estimate of drug-likeness (QED) is 0.667. The molecule has 0 amide bonds. The van der Waals surface area contributed by atoms with Gasteiger partial charge >= 0.3 is 0 Å². The molecular weight excluding hydrogens is 160 g/mol. The van der Waals surface area contributed by atoms with Gasteiger partial charge in [0, 0.05) is 6.20 Å². The molecule has 2 rings (SSSR count). The summed E-state index contributed by atoms with van der Waals surface area (Å²) in [6.07, 6.45) is 3.47. The van der Waals surface area contributed by atoms with Crippen LogP contribution in [0, 0.1) is 0 Å². The number of aromatic nitrogens is 3. The Hall–Kier alpha value is -1.36. The number of nitrogen functional groups attached to an aromatic ring is 1. The van der Waals surface area contributed by atoms with E-state index in [-0.39, 0.29) is 0 Å². The summed E-state index contributed by atoms with van der Waals surface area (Å²) in [5.41, 5.74) is 8.09. The topological polar surface area (TPSA) is 67.6 Å². The van der Waals surface area contributed by atoms with E-state index >= 15 is 0 Å². The van der Waals surface area contributed by atoms with Crippen molar-refractivity contribution >= 4 is 17.3 Å². The van der Waals surface area contributed by atoms with E-state index < -0.39 is 0 Å². The monoisotopic (exact) mass is 166 g/mol. The molecule has 0 fully saturated rings. The lowest BCUT2D eigenvalue weighted by atomic mass is 10.4. The number of thiazole rings is 1. The zero-order valence-corrected chi connectivity index (χ0v) is 6.43. The summed E-state index contributed by atoms with van der Waals surface area (Å²) in [5, 5.41) is 0. The van der Waals surface area contributed by atoms with Crippen LogP contribution >= 0.6 is 11.3 Å². The van der Waals surface area contributed by atoms with Crippen molar-refractivity contribution < 1.29 is 0 Å². The number of H-pyrrole nitrogens is 1. The lowest BCUT2D eigenvalue weighted by Crippen LogP contribution is -1.84. The standard InChI is InChI=1S/C6H6N4S/c7-6-9-1-4(10-6)5-2-8-3-11-5/h1-3H,(H3,7,9,10). The number of hydrogen-bond donors (Lipinski definition) is 2. The lowest BCUT2D eigenvalue weighted by Gasteiger charge is -1.85. The predicted molar refractivity (Wildman–Crippen MR) is 44.1 cm³/mol. The second-order valence-corrected chi connectivity index (χ2v) is 2.93. The Kier molecular flexibility index (Phi) is 1.36. The number of imidazole rings is 1. The fourth-order valence-electron chi connectivity index (χ4n) is 0.811. The van der Waals surface area contributed by atoms with Crippen molar-refractivity contribution in [2.45, 2.75) is 0 Å². The fourth-order valence-corrected chi connectivity index (χ4v) is 1.40. The number of hydrogen-bond acceptors (Lipinski definition) is 4. The highest BCUT2D eigenvalue weighted by Crippen LogP contribution is 2.20. The Morgan fingerprint density at radius 2 is 2.36 bits per heavy atom. The third kappa shape index (κ3) is 1.10. The number of nitrogens with zero attached hydrogens (tertiary/aromatic N) is 2. The van der Waals surface area contributed by atoms with Gasteiger partial charge in [-0.15, -0.1) is 11.3 Å². The summed E-state index contributed by atoms with van der Waals surface area (Å²) in [7, 11) is 0. The van der Waals surface area contributed by atoms with Gasteiger partial charge in [0.1, 0.15) is 0 Å². The molecule has 0 radical (unpaired) electrons. The molecule has 56 valence electrons. The minimum absolute atomic E-state index is 0.438. The van der Waals surface area contributed by atoms with Gasteiger partial charge in [-0.1, -0.05) is 0 Å². The van der Waals surface area contributed by atoms with Gasteiger partial charge in [-0.05, 0) is 0 Å². The Labute approximate surface area is 67.1 Å². The molecular formula is C6H6N4S. The molecule has 2 aromatic rings. The normalized spacial score (nSPS) is 10.2. The van der Waals surface area contributed by atoms with E-state index in [1.807, 2.05) is 0 Å². The van der Waals surface area contributed by atoms with Gasteiger partial charge in [0.25, 0.3) is 0 Å². The zero-order chi connectivity index (χ0) is 7.68. The van der Waals surface area contributed by atoms with Gasteiger partial charge in [-0.2, -0.15) is 0 Å². The summed E-state index contributed by atoms with van der Waals surface area (Å²) in [6, 6.07) is 0. The highest BCUT2D eigenvalue weighted by Gasteiger charge is 2.00. The first-order valence-electron chi connectivity index (χ1n) is 3.05. The average Bonchev–Trinajstić information content (AvgIpc) is 2.55. The molecule has 0 saturated carbocycles. The first kappa shape index (κ1) is 6.36. The zero-order valence-electron chi connectivity index (χ0n) is 5.61. The van der Waals surface area contributed by atoms with Crippen molar-refractivity contribution in [2.24, 2.45) is 0 Å². The van der Waals surface area contributed by atoms with E-state index in [1.165, 1.54) is 0 Å². The summed E-state index contributed by atoms with van der Waals surface area (Å²) < 4.78 is 0. The highest BCUT2D eigenvalue weighted by atomic mass is 32.1. The minimum Gasteiger partial charge on any atom is -0.369 e. The molecule has 2 heterocycles. The second kappa shape index (κ2) is 2.35. The van der Waals surface area contributed by atoms with Crippen LogP contribution < -0.4 is 5.73 Å². The molecule has 3 N–H and O–H groups in total. The van der Waals surface area contributed by atoms with Gasteiger partial charge in [-0.25, -0.2) is 4.98 Å². The minimum atomic E-state index is 0.438. The molecule has 0 aliphatic rings. The SMILES string of the molecule is Nc1ncc(-c2cncs2)[nH]1. The van der Waals surface area contributed by atoms with Gasteiger partial charge in [0.05, 0.1) is 22.3 Å². The maximum absolute atomic E-state index is 5.40. The number of anilines is 1. The van der Waals surface area contributed by atoms with Crippen LogP contribution in [-0.2, 0) is 0 Å². The van der Waals surface area contributed by atoms with E-state index in [0.717, 1.165) is 10.6 Å². The molecule has 0 unspecified atom stereocenters. The van der Waals surface area contributed by atoms with Gasteiger partial charge in [-0.3, -0.25) is 4.98 Å². The molecule has 0 aliphatic carbocycles. The molecule has 0 saturated heterocycles. The van der Waals surface area contributed by atoms with Crippen molar-refractivity contribution in [3.63, 3.8) is 0 Å². The molecule has 11 heavy (non-hydrogen) atoms. The molecule has 0 spiro atoms. The van der Waals surface area contributed by atoms with Crippen molar-refractivity contribution in [3.05, 3.63) is 17.9 Å². The molecule has 0 aliphatic heterocycles. The van der Waals surface area contributed by atoms with Crippen molar-refractivity contribution in [2.75, 3.05) is 5.73 Å². The Morgan fingerprint density at radius 3 is 2.91 bits per heavy atom. The van der Waals surface area contributed by atoms with Crippen LogP contribution in [0.3, 0.4) is 0 Å². The van der Waals surface area contributed by atoms with Crippen LogP contribution in [0.2, 0.25) is 0 Å². The summed E-state index contributed by atoms with van der Waals surface area (Å²) >= 11 is 1.55. The number of nitrogens with one attached hydrogen (secondary N) is 1. The Morgan fingerprint density at radius 1 is 1.45 bits per heavy atom. The van der Waals surface area contributed by atoms with Gasteiger partial charge in [0.2, 0.25) is 0 Å². The summed E-state index contributed by atoms with van der Waals surface area (Å²) in [4.78, 5) is 11.8. The maximum atomic E-state index is 5.40.